The molecule has 1 fully saturated rings. The predicted octanol–water partition coefficient (Wildman–Crippen LogP) is 2.16. The van der Waals surface area contributed by atoms with Gasteiger partial charge in [-0.2, -0.15) is 0 Å². The average molecular weight is 428 g/mol. The Morgan fingerprint density at radius 2 is 2.06 bits per heavy atom. The number of hydrogen-bond acceptors (Lipinski definition) is 2. The van der Waals surface area contributed by atoms with Crippen LogP contribution in [0.3, 0.4) is 0 Å². The number of hydrogen-bond donors (Lipinski definition) is 3. The van der Waals surface area contributed by atoms with Crippen LogP contribution in [-0.4, -0.2) is 37.6 Å². The highest BCUT2D eigenvalue weighted by Crippen LogP contribution is 2.08. The molecule has 0 saturated carbocycles. The molecule has 1 saturated heterocycles. The molecule has 3 atom stereocenters. The summed E-state index contributed by atoms with van der Waals surface area (Å²) in [4.78, 5) is 15.6. The van der Waals surface area contributed by atoms with E-state index in [1.807, 2.05) is 12.1 Å². The number of amides is 1. The standard InChI is InChI=1S/C26H39N3O2/c1-20(2)29(18-23-11-7-9-21(3)17-23)19-24-12-13-25(31-24)26(30)27-14-8-16-28-15-6-5-10-22(28)4/h7,9,11-13,17,20,22H,5-6,8,10,14-16,18-19H2,1-4H3,(H,27,30)/p+2/t22-/m0/s1. The Labute approximate surface area is 187 Å². The molecule has 5 heteroatoms. The molecule has 1 aliphatic heterocycles. The number of benzene rings is 1. The van der Waals surface area contributed by atoms with E-state index in [1.54, 1.807) is 4.90 Å². The van der Waals surface area contributed by atoms with Gasteiger partial charge in [-0.15, -0.1) is 0 Å². The van der Waals surface area contributed by atoms with Crippen molar-refractivity contribution in [1.82, 2.24) is 5.32 Å². The van der Waals surface area contributed by atoms with Crippen molar-refractivity contribution in [2.75, 3.05) is 19.6 Å². The van der Waals surface area contributed by atoms with E-state index in [9.17, 15) is 4.79 Å². The van der Waals surface area contributed by atoms with Gasteiger partial charge in [0.25, 0.3) is 5.91 Å². The van der Waals surface area contributed by atoms with Crippen molar-refractivity contribution in [3.8, 4) is 0 Å². The number of carbonyl (C=O) groups excluding carboxylic acids is 1. The number of rotatable bonds is 10. The maximum Gasteiger partial charge on any atom is 0.287 e. The second kappa shape index (κ2) is 11.5. The highest BCUT2D eigenvalue weighted by molar-refractivity contribution is 5.91. The molecule has 2 unspecified atom stereocenters. The van der Waals surface area contributed by atoms with Crippen LogP contribution in [0.2, 0.25) is 0 Å². The van der Waals surface area contributed by atoms with Crippen molar-refractivity contribution in [2.24, 2.45) is 0 Å². The van der Waals surface area contributed by atoms with E-state index in [0.717, 1.165) is 37.9 Å². The molecule has 1 aliphatic rings. The van der Waals surface area contributed by atoms with Crippen molar-refractivity contribution in [1.29, 1.82) is 0 Å². The Morgan fingerprint density at radius 1 is 1.23 bits per heavy atom. The molecule has 170 valence electrons. The third-order valence-corrected chi connectivity index (χ3v) is 6.66. The second-order valence-electron chi connectivity index (χ2n) is 9.59. The number of nitrogens with one attached hydrogen (secondary N) is 3. The van der Waals surface area contributed by atoms with E-state index < -0.39 is 0 Å². The third-order valence-electron chi connectivity index (χ3n) is 6.66. The number of likely N-dealkylation sites (tertiary alicyclic amines) is 1. The van der Waals surface area contributed by atoms with Crippen LogP contribution >= 0.6 is 0 Å². The Balaban J connectivity index is 1.47. The number of quaternary nitrogens is 2. The molecule has 2 aromatic rings. The van der Waals surface area contributed by atoms with Gasteiger partial charge in [-0.3, -0.25) is 4.79 Å². The van der Waals surface area contributed by atoms with E-state index in [2.05, 4.69) is 57.3 Å². The monoisotopic (exact) mass is 427 g/mol. The lowest BCUT2D eigenvalue weighted by atomic mass is 10.0. The zero-order valence-corrected chi connectivity index (χ0v) is 19.8. The first-order valence-electron chi connectivity index (χ1n) is 12.0. The summed E-state index contributed by atoms with van der Waals surface area (Å²) < 4.78 is 5.91. The van der Waals surface area contributed by atoms with Gasteiger partial charge >= 0.3 is 0 Å². The van der Waals surface area contributed by atoms with Crippen LogP contribution in [0.15, 0.2) is 40.8 Å². The number of furan rings is 1. The summed E-state index contributed by atoms with van der Waals surface area (Å²) in [5.74, 6) is 1.19. The van der Waals surface area contributed by atoms with Gasteiger partial charge in [-0.1, -0.05) is 29.8 Å². The van der Waals surface area contributed by atoms with Gasteiger partial charge in [0.05, 0.1) is 25.2 Å². The summed E-state index contributed by atoms with van der Waals surface area (Å²) in [6.45, 7) is 13.8. The quantitative estimate of drug-likeness (QED) is 0.509. The number of aryl methyl sites for hydroxylation is 1. The summed E-state index contributed by atoms with van der Waals surface area (Å²) in [6.07, 6.45) is 5.04. The van der Waals surface area contributed by atoms with E-state index in [0.29, 0.717) is 18.3 Å². The lowest BCUT2D eigenvalue weighted by Gasteiger charge is -2.30. The SMILES string of the molecule is Cc1cccc(C[NH+](Cc2ccc(C(=O)NCCC[NH+]3CCCC[C@@H]3C)o2)C(C)C)c1. The second-order valence-corrected chi connectivity index (χ2v) is 9.59. The van der Waals surface area contributed by atoms with Gasteiger partial charge in [-0.05, 0) is 59.1 Å². The summed E-state index contributed by atoms with van der Waals surface area (Å²) in [6, 6.07) is 13.7. The fraction of sp³-hybridized carbons (Fsp3) is 0.577. The lowest BCUT2D eigenvalue weighted by Crippen LogP contribution is -3.16. The van der Waals surface area contributed by atoms with Crippen molar-refractivity contribution in [2.45, 2.75) is 78.6 Å². The molecule has 1 aromatic heterocycles. The molecule has 0 spiro atoms. The fourth-order valence-electron chi connectivity index (χ4n) is 4.60. The van der Waals surface area contributed by atoms with E-state index in [4.69, 9.17) is 4.42 Å². The summed E-state index contributed by atoms with van der Waals surface area (Å²) in [7, 11) is 0. The van der Waals surface area contributed by atoms with Gasteiger partial charge in [-0.25, -0.2) is 0 Å². The molecule has 5 nitrogen and oxygen atoms in total. The van der Waals surface area contributed by atoms with Crippen LogP contribution in [0.25, 0.3) is 0 Å². The summed E-state index contributed by atoms with van der Waals surface area (Å²) >= 11 is 0. The topological polar surface area (TPSA) is 51.1 Å². The minimum absolute atomic E-state index is 0.0993. The van der Waals surface area contributed by atoms with Crippen molar-refractivity contribution >= 4 is 5.91 Å². The number of piperidine rings is 1. The van der Waals surface area contributed by atoms with Crippen LogP contribution in [-0.2, 0) is 13.1 Å². The Hall–Kier alpha value is -2.11. The van der Waals surface area contributed by atoms with Crippen LogP contribution < -0.4 is 15.1 Å². The molecule has 0 bridgehead atoms. The Kier molecular flexibility index (Phi) is 8.73. The third kappa shape index (κ3) is 7.22. The minimum atomic E-state index is -0.0993. The summed E-state index contributed by atoms with van der Waals surface area (Å²) in [5, 5.41) is 3.04. The molecule has 1 amide bonds. The van der Waals surface area contributed by atoms with E-state index in [1.165, 1.54) is 41.8 Å². The molecule has 0 radical (unpaired) electrons. The number of carbonyl (C=O) groups is 1. The lowest BCUT2D eigenvalue weighted by molar-refractivity contribution is -0.949. The Morgan fingerprint density at radius 3 is 2.81 bits per heavy atom. The normalized spacial score (nSPS) is 20.0. The largest absolute Gasteiger partial charge is 0.450 e. The highest BCUT2D eigenvalue weighted by atomic mass is 16.4. The molecule has 0 aliphatic carbocycles. The fourth-order valence-corrected chi connectivity index (χ4v) is 4.60. The van der Waals surface area contributed by atoms with Crippen molar-refractivity contribution < 1.29 is 19.0 Å². The molecule has 3 rings (SSSR count). The molecule has 3 N–H and O–H groups in total. The first-order chi connectivity index (χ1) is 14.9. The van der Waals surface area contributed by atoms with Gasteiger partial charge in [0.15, 0.2) is 11.5 Å². The predicted molar refractivity (Wildman–Crippen MR) is 124 cm³/mol. The van der Waals surface area contributed by atoms with Crippen LogP contribution in [0.4, 0.5) is 0 Å². The maximum atomic E-state index is 12.5. The Bertz CT molecular complexity index is 830. The molecule has 1 aromatic carbocycles. The average Bonchev–Trinajstić information content (AvgIpc) is 3.20. The molecular formula is C26H41N3O2+2. The zero-order chi connectivity index (χ0) is 22.2. The maximum absolute atomic E-state index is 12.5. The first-order valence-corrected chi connectivity index (χ1v) is 12.0. The van der Waals surface area contributed by atoms with Gasteiger partial charge in [0.1, 0.15) is 13.1 Å². The first kappa shape index (κ1) is 23.6. The molecule has 2 heterocycles. The van der Waals surface area contributed by atoms with Gasteiger partial charge in [0.2, 0.25) is 0 Å². The highest BCUT2D eigenvalue weighted by Gasteiger charge is 2.21. The molecular weight excluding hydrogens is 386 g/mol. The van der Waals surface area contributed by atoms with Gasteiger partial charge < -0.3 is 19.5 Å². The van der Waals surface area contributed by atoms with Gasteiger partial charge in [0, 0.05) is 18.5 Å². The van der Waals surface area contributed by atoms with Crippen LogP contribution in [0.1, 0.15) is 73.9 Å². The zero-order valence-electron chi connectivity index (χ0n) is 19.8. The van der Waals surface area contributed by atoms with E-state index in [-0.39, 0.29) is 5.91 Å². The molecule has 31 heavy (non-hydrogen) atoms. The van der Waals surface area contributed by atoms with Crippen molar-refractivity contribution in [3.63, 3.8) is 0 Å². The van der Waals surface area contributed by atoms with Crippen molar-refractivity contribution in [3.05, 3.63) is 59.0 Å². The minimum Gasteiger partial charge on any atom is -0.450 e. The smallest absolute Gasteiger partial charge is 0.287 e. The van der Waals surface area contributed by atoms with Crippen LogP contribution in [0, 0.1) is 6.92 Å². The van der Waals surface area contributed by atoms with E-state index >= 15 is 0 Å². The van der Waals surface area contributed by atoms with Crippen LogP contribution in [0.5, 0.6) is 0 Å². The summed E-state index contributed by atoms with van der Waals surface area (Å²) in [5.41, 5.74) is 2.62.